The first-order chi connectivity index (χ1) is 17.3. The molecule has 2 aromatic carbocycles. The first-order valence-electron chi connectivity index (χ1n) is 12.0. The molecule has 1 saturated heterocycles. The number of methoxy groups -OCH3 is 1. The maximum absolute atomic E-state index is 15.5. The molecule has 3 amide bonds. The number of carbonyl (C=O) groups excluding carboxylic acids is 2. The van der Waals surface area contributed by atoms with Gasteiger partial charge in [0.15, 0.2) is 11.6 Å². The average molecular weight is 496 g/mol. The molecule has 1 fully saturated rings. The lowest BCUT2D eigenvalue weighted by molar-refractivity contribution is -0.133. The largest absolute Gasteiger partial charge is 0.508 e. The summed E-state index contributed by atoms with van der Waals surface area (Å²) in [5, 5.41) is 16.8. The first-order valence-corrected chi connectivity index (χ1v) is 12.0. The Kier molecular flexibility index (Phi) is 6.09. The number of fused-ring (bicyclic) bond motifs is 4. The maximum Gasteiger partial charge on any atom is 0.328 e. The molecule has 3 aromatic rings. The molecule has 0 aliphatic carbocycles. The molecule has 0 spiro atoms. The number of hydrogen-bond acceptors (Lipinski definition) is 6. The Balaban J connectivity index is 1.63. The van der Waals surface area contributed by atoms with Gasteiger partial charge < -0.3 is 25.5 Å². The van der Waals surface area contributed by atoms with Crippen molar-refractivity contribution >= 4 is 22.8 Å². The summed E-state index contributed by atoms with van der Waals surface area (Å²) in [7, 11) is 3.26. The second-order valence-electron chi connectivity index (χ2n) is 9.43. The van der Waals surface area contributed by atoms with Gasteiger partial charge in [0.05, 0.1) is 7.11 Å². The van der Waals surface area contributed by atoms with Crippen LogP contribution in [0, 0.1) is 5.82 Å². The number of aromatic amines is 1. The van der Waals surface area contributed by atoms with Crippen molar-refractivity contribution in [2.75, 3.05) is 40.3 Å². The van der Waals surface area contributed by atoms with Crippen molar-refractivity contribution in [1.29, 1.82) is 0 Å². The molecule has 0 saturated carbocycles. The van der Waals surface area contributed by atoms with Gasteiger partial charge in [0.25, 0.3) is 5.91 Å². The minimum absolute atomic E-state index is 0.0360. The summed E-state index contributed by atoms with van der Waals surface area (Å²) in [6.07, 6.45) is 0.149. The minimum atomic E-state index is -1.23. The van der Waals surface area contributed by atoms with Crippen molar-refractivity contribution in [3.63, 3.8) is 0 Å². The Morgan fingerprint density at radius 1 is 1.22 bits per heavy atom. The summed E-state index contributed by atoms with van der Waals surface area (Å²) in [6.45, 7) is 3.88. The molecule has 3 heterocycles. The molecule has 9 nitrogen and oxygen atoms in total. The van der Waals surface area contributed by atoms with E-state index >= 15 is 4.39 Å². The lowest BCUT2D eigenvalue weighted by Gasteiger charge is -2.42. The zero-order valence-corrected chi connectivity index (χ0v) is 20.5. The predicted octanol–water partition coefficient (Wildman–Crippen LogP) is 2.50. The van der Waals surface area contributed by atoms with Crippen molar-refractivity contribution in [1.82, 2.24) is 25.4 Å². The van der Waals surface area contributed by atoms with Gasteiger partial charge in [-0.25, -0.2) is 9.18 Å². The number of nitrogens with zero attached hydrogens (tertiary/aromatic N) is 2. The number of nitrogens with one attached hydrogen (secondary N) is 3. The van der Waals surface area contributed by atoms with Gasteiger partial charge >= 0.3 is 6.03 Å². The van der Waals surface area contributed by atoms with Crippen molar-refractivity contribution in [3.8, 4) is 11.5 Å². The third-order valence-electron chi connectivity index (χ3n) is 7.20. The van der Waals surface area contributed by atoms with Crippen LogP contribution >= 0.6 is 0 Å². The van der Waals surface area contributed by atoms with Crippen molar-refractivity contribution in [2.24, 2.45) is 0 Å². The van der Waals surface area contributed by atoms with E-state index in [9.17, 15) is 14.7 Å². The molecule has 2 aliphatic rings. The van der Waals surface area contributed by atoms with Crippen LogP contribution in [-0.4, -0.2) is 77.7 Å². The zero-order chi connectivity index (χ0) is 25.6. The Labute approximate surface area is 208 Å². The summed E-state index contributed by atoms with van der Waals surface area (Å²) < 4.78 is 20.7. The standard InChI is InChI=1S/C26H30FN5O4/c1-26-14-17-20-18(7-8-19(36-3)21(20)27)30-22(17)23(15-5-4-6-16(33)13-15)32(26)25(35)31(24(26)34)12-11-29-10-9-28-2/h4-8,13,23,28-30,33H,9-12,14H2,1-3H3/t23-,26+/m1/s1. The number of phenols is 1. The van der Waals surface area contributed by atoms with Crippen LogP contribution in [0.1, 0.15) is 29.8 Å². The number of rotatable bonds is 8. The van der Waals surface area contributed by atoms with E-state index in [1.165, 1.54) is 12.0 Å². The number of hydrogen-bond donors (Lipinski definition) is 4. The van der Waals surface area contributed by atoms with Crippen LogP contribution in [0.5, 0.6) is 11.5 Å². The van der Waals surface area contributed by atoms with Crippen LogP contribution in [0.25, 0.3) is 10.9 Å². The van der Waals surface area contributed by atoms with E-state index < -0.39 is 23.4 Å². The molecule has 0 unspecified atom stereocenters. The highest BCUT2D eigenvalue weighted by Gasteiger charge is 2.60. The lowest BCUT2D eigenvalue weighted by Crippen LogP contribution is -2.53. The van der Waals surface area contributed by atoms with E-state index in [1.807, 2.05) is 7.05 Å². The summed E-state index contributed by atoms with van der Waals surface area (Å²) in [5.41, 5.74) is 1.20. The second kappa shape index (κ2) is 9.11. The number of imide groups is 1. The number of ether oxygens (including phenoxy) is 1. The van der Waals surface area contributed by atoms with Crippen LogP contribution in [0.4, 0.5) is 9.18 Å². The molecular weight excluding hydrogens is 465 g/mol. The fraction of sp³-hybridized carbons (Fsp3) is 0.385. The quantitative estimate of drug-likeness (QED) is 0.282. The third kappa shape index (κ3) is 3.59. The number of benzene rings is 2. The number of halogens is 1. The van der Waals surface area contributed by atoms with Gasteiger partial charge in [-0.1, -0.05) is 12.1 Å². The van der Waals surface area contributed by atoms with E-state index in [1.54, 1.807) is 48.2 Å². The summed E-state index contributed by atoms with van der Waals surface area (Å²) in [5.74, 6) is -0.694. The maximum atomic E-state index is 15.5. The second-order valence-corrected chi connectivity index (χ2v) is 9.43. The van der Waals surface area contributed by atoms with Crippen LogP contribution in [0.3, 0.4) is 0 Å². The molecule has 2 atom stereocenters. The smallest absolute Gasteiger partial charge is 0.328 e. The van der Waals surface area contributed by atoms with Crippen LogP contribution in [0.15, 0.2) is 36.4 Å². The SMILES string of the molecule is CNCCNCCN1C(=O)N2[C@H](c3cccc(O)c3)c3[nH]c4ccc(OC)c(F)c4c3C[C@@]2(C)C1=O. The first kappa shape index (κ1) is 24.1. The van der Waals surface area contributed by atoms with Gasteiger partial charge in [-0.3, -0.25) is 14.6 Å². The minimum Gasteiger partial charge on any atom is -0.508 e. The molecule has 0 bridgehead atoms. The van der Waals surface area contributed by atoms with Gasteiger partial charge in [-0.2, -0.15) is 0 Å². The van der Waals surface area contributed by atoms with E-state index in [4.69, 9.17) is 4.74 Å². The van der Waals surface area contributed by atoms with Gasteiger partial charge in [0, 0.05) is 49.2 Å². The van der Waals surface area contributed by atoms with Crippen molar-refractivity contribution in [3.05, 3.63) is 59.0 Å². The van der Waals surface area contributed by atoms with Crippen LogP contribution < -0.4 is 15.4 Å². The van der Waals surface area contributed by atoms with Gasteiger partial charge in [0.2, 0.25) is 0 Å². The number of phenolic OH excluding ortho intramolecular Hbond substituents is 1. The molecular formula is C26H30FN5O4. The van der Waals surface area contributed by atoms with Crippen molar-refractivity contribution in [2.45, 2.75) is 24.9 Å². The summed E-state index contributed by atoms with van der Waals surface area (Å²) in [4.78, 5) is 33.7. The average Bonchev–Trinajstić information content (AvgIpc) is 3.31. The highest BCUT2D eigenvalue weighted by molar-refractivity contribution is 6.08. The topological polar surface area (TPSA) is 110 Å². The normalized spacial score (nSPS) is 21.3. The van der Waals surface area contributed by atoms with Gasteiger partial charge in [-0.05, 0) is 49.4 Å². The van der Waals surface area contributed by atoms with E-state index in [2.05, 4.69) is 15.6 Å². The summed E-state index contributed by atoms with van der Waals surface area (Å²) in [6, 6.07) is 8.75. The Morgan fingerprint density at radius 3 is 2.75 bits per heavy atom. The number of aromatic nitrogens is 1. The summed E-state index contributed by atoms with van der Waals surface area (Å²) >= 11 is 0. The number of urea groups is 1. The van der Waals surface area contributed by atoms with Crippen molar-refractivity contribution < 1.29 is 23.8 Å². The third-order valence-corrected chi connectivity index (χ3v) is 7.20. The molecule has 36 heavy (non-hydrogen) atoms. The number of likely N-dealkylation sites (N-methyl/N-ethyl adjacent to an activating group) is 1. The highest BCUT2D eigenvalue weighted by Crippen LogP contribution is 2.49. The predicted molar refractivity (Wildman–Crippen MR) is 133 cm³/mol. The number of H-pyrrole nitrogens is 1. The number of amides is 3. The number of aromatic hydroxyl groups is 1. The molecule has 4 N–H and O–H groups in total. The van der Waals surface area contributed by atoms with E-state index in [0.717, 1.165) is 6.54 Å². The number of carbonyl (C=O) groups is 2. The van der Waals surface area contributed by atoms with Crippen LogP contribution in [0.2, 0.25) is 0 Å². The van der Waals surface area contributed by atoms with Crippen LogP contribution in [-0.2, 0) is 11.2 Å². The molecule has 10 heteroatoms. The molecule has 5 rings (SSSR count). The Bertz CT molecular complexity index is 1340. The van der Waals surface area contributed by atoms with Gasteiger partial charge in [0.1, 0.15) is 17.3 Å². The van der Waals surface area contributed by atoms with E-state index in [0.29, 0.717) is 40.8 Å². The van der Waals surface area contributed by atoms with E-state index in [-0.39, 0.29) is 30.4 Å². The fourth-order valence-corrected chi connectivity index (χ4v) is 5.47. The monoisotopic (exact) mass is 495 g/mol. The molecule has 0 radical (unpaired) electrons. The zero-order valence-electron chi connectivity index (χ0n) is 20.5. The molecule has 190 valence electrons. The Morgan fingerprint density at radius 2 is 2.03 bits per heavy atom. The molecule has 1 aromatic heterocycles. The molecule has 2 aliphatic heterocycles. The fourth-order valence-electron chi connectivity index (χ4n) is 5.47. The lowest BCUT2D eigenvalue weighted by atomic mass is 9.81. The highest BCUT2D eigenvalue weighted by atomic mass is 19.1. The van der Waals surface area contributed by atoms with Gasteiger partial charge in [-0.15, -0.1) is 0 Å². The Hall–Kier alpha value is -3.63.